The molecular formula is C44H84NO8+. The number of carboxylic acid groups (broad SMARTS) is 1. The second kappa shape index (κ2) is 37.0. The van der Waals surface area contributed by atoms with Gasteiger partial charge >= 0.3 is 17.9 Å². The minimum atomic E-state index is -1.50. The monoisotopic (exact) mass is 755 g/mol. The van der Waals surface area contributed by atoms with Gasteiger partial charge in [-0.05, 0) is 38.5 Å². The average molecular weight is 755 g/mol. The number of unbranched alkanes of at least 4 members (excludes halogenated alkanes) is 23. The van der Waals surface area contributed by atoms with Crippen molar-refractivity contribution in [3.05, 3.63) is 12.2 Å². The van der Waals surface area contributed by atoms with Crippen molar-refractivity contribution >= 4 is 17.9 Å². The molecular weight excluding hydrogens is 670 g/mol. The van der Waals surface area contributed by atoms with Crippen LogP contribution in [0.2, 0.25) is 0 Å². The van der Waals surface area contributed by atoms with Gasteiger partial charge in [0.05, 0.1) is 34.4 Å². The van der Waals surface area contributed by atoms with Crippen molar-refractivity contribution in [3.8, 4) is 0 Å². The third-order valence-electron chi connectivity index (χ3n) is 9.52. The summed E-state index contributed by atoms with van der Waals surface area (Å²) in [7, 11) is 5.95. The van der Waals surface area contributed by atoms with Crippen LogP contribution >= 0.6 is 0 Å². The number of esters is 2. The minimum absolute atomic E-state index is 0.180. The van der Waals surface area contributed by atoms with Crippen LogP contribution in [-0.2, 0) is 33.3 Å². The highest BCUT2D eigenvalue weighted by atomic mass is 16.7. The summed E-state index contributed by atoms with van der Waals surface area (Å²) >= 11 is 0. The minimum Gasteiger partial charge on any atom is -0.477 e. The van der Waals surface area contributed by atoms with E-state index in [9.17, 15) is 19.5 Å². The molecule has 53 heavy (non-hydrogen) atoms. The summed E-state index contributed by atoms with van der Waals surface area (Å²) in [6, 6.07) is 0. The van der Waals surface area contributed by atoms with E-state index in [-0.39, 0.29) is 32.2 Å². The van der Waals surface area contributed by atoms with Gasteiger partial charge in [0.1, 0.15) is 13.2 Å². The molecule has 0 amide bonds. The molecule has 0 saturated heterocycles. The maximum absolute atomic E-state index is 12.7. The fraction of sp³-hybridized carbons (Fsp3) is 0.886. The van der Waals surface area contributed by atoms with Crippen LogP contribution in [0.15, 0.2) is 12.2 Å². The summed E-state index contributed by atoms with van der Waals surface area (Å²) in [5.41, 5.74) is 0. The van der Waals surface area contributed by atoms with E-state index in [0.717, 1.165) is 51.4 Å². The van der Waals surface area contributed by atoms with Crippen molar-refractivity contribution in [2.75, 3.05) is 47.5 Å². The number of carboxylic acids is 1. The lowest BCUT2D eigenvalue weighted by molar-refractivity contribution is -0.870. The molecule has 312 valence electrons. The molecule has 0 aromatic heterocycles. The van der Waals surface area contributed by atoms with Gasteiger partial charge in [0.25, 0.3) is 6.29 Å². The van der Waals surface area contributed by atoms with Gasteiger partial charge in [0, 0.05) is 12.8 Å². The lowest BCUT2D eigenvalue weighted by atomic mass is 10.0. The Balaban J connectivity index is 4.46. The number of ether oxygens (including phenoxy) is 4. The zero-order chi connectivity index (χ0) is 39.3. The van der Waals surface area contributed by atoms with Crippen LogP contribution in [0.4, 0.5) is 0 Å². The number of hydrogen-bond acceptors (Lipinski definition) is 7. The van der Waals surface area contributed by atoms with Gasteiger partial charge in [-0.2, -0.15) is 0 Å². The van der Waals surface area contributed by atoms with Gasteiger partial charge in [-0.15, -0.1) is 0 Å². The number of quaternary nitrogens is 1. The maximum atomic E-state index is 12.7. The largest absolute Gasteiger partial charge is 0.477 e. The van der Waals surface area contributed by atoms with Gasteiger partial charge in [0.2, 0.25) is 0 Å². The number of carbonyl (C=O) groups excluding carboxylic acids is 2. The summed E-state index contributed by atoms with van der Waals surface area (Å²) in [6.45, 7) is 4.86. The predicted octanol–water partition coefficient (Wildman–Crippen LogP) is 11.1. The van der Waals surface area contributed by atoms with Crippen LogP contribution in [0.3, 0.4) is 0 Å². The van der Waals surface area contributed by atoms with Gasteiger partial charge in [-0.3, -0.25) is 9.59 Å². The molecule has 2 atom stereocenters. The zero-order valence-electron chi connectivity index (χ0n) is 35.2. The van der Waals surface area contributed by atoms with E-state index in [1.165, 1.54) is 109 Å². The van der Waals surface area contributed by atoms with Crippen molar-refractivity contribution < 1.29 is 42.9 Å². The highest BCUT2D eigenvalue weighted by Crippen LogP contribution is 2.14. The molecule has 9 heteroatoms. The third kappa shape index (κ3) is 38.1. The van der Waals surface area contributed by atoms with Gasteiger partial charge < -0.3 is 28.5 Å². The molecule has 0 aromatic carbocycles. The van der Waals surface area contributed by atoms with Crippen LogP contribution in [0.25, 0.3) is 0 Å². The quantitative estimate of drug-likeness (QED) is 0.0217. The van der Waals surface area contributed by atoms with Crippen LogP contribution in [0.1, 0.15) is 194 Å². The van der Waals surface area contributed by atoms with E-state index in [1.54, 1.807) is 0 Å². The van der Waals surface area contributed by atoms with E-state index in [0.29, 0.717) is 23.9 Å². The lowest BCUT2D eigenvalue weighted by Crippen LogP contribution is -2.40. The molecule has 0 aromatic rings. The lowest BCUT2D eigenvalue weighted by Gasteiger charge is -2.25. The number of likely N-dealkylation sites (N-methyl/N-ethyl adjacent to an activating group) is 1. The summed E-state index contributed by atoms with van der Waals surface area (Å²) in [5.74, 6) is -2.01. The Morgan fingerprint density at radius 2 is 0.962 bits per heavy atom. The summed E-state index contributed by atoms with van der Waals surface area (Å²) in [6.07, 6.45) is 34.0. The van der Waals surface area contributed by atoms with Crippen LogP contribution in [-0.4, -0.2) is 87.4 Å². The van der Waals surface area contributed by atoms with Gasteiger partial charge in [0.15, 0.2) is 6.10 Å². The predicted molar refractivity (Wildman–Crippen MR) is 217 cm³/mol. The van der Waals surface area contributed by atoms with E-state index in [1.807, 2.05) is 21.1 Å². The Labute approximate surface area is 325 Å². The molecule has 0 bridgehead atoms. The molecule has 0 aliphatic heterocycles. The Morgan fingerprint density at radius 1 is 0.547 bits per heavy atom. The first-order valence-electron chi connectivity index (χ1n) is 21.9. The highest BCUT2D eigenvalue weighted by molar-refractivity contribution is 5.71. The Morgan fingerprint density at radius 3 is 1.40 bits per heavy atom. The standard InChI is InChI=1S/C44H83NO8/c1-6-8-10-12-14-16-18-20-21-23-25-27-29-31-33-35-42(47)53-40(39-52-44(43(48)49)50-37-36-45(3,4)5)38-51-41(46)34-32-30-28-26-24-22-19-17-15-13-11-9-7-2/h20-21,40,44H,6-19,22-39H2,1-5H3/p+1/b21-20-. The smallest absolute Gasteiger partial charge is 0.361 e. The topological polar surface area (TPSA) is 108 Å². The fourth-order valence-electron chi connectivity index (χ4n) is 6.07. The summed E-state index contributed by atoms with van der Waals surface area (Å²) in [4.78, 5) is 37.0. The fourth-order valence-corrected chi connectivity index (χ4v) is 6.07. The first-order valence-corrected chi connectivity index (χ1v) is 21.9. The number of hydrogen-bond donors (Lipinski definition) is 1. The molecule has 0 radical (unpaired) electrons. The zero-order valence-corrected chi connectivity index (χ0v) is 35.2. The SMILES string of the molecule is CCCCCCCC/C=C\CCCCCCCC(=O)OC(COC(=O)CCCCCCCCCCCCCCC)COC(OCC[N+](C)(C)C)C(=O)O. The van der Waals surface area contributed by atoms with Crippen molar-refractivity contribution in [2.24, 2.45) is 0 Å². The Kier molecular flexibility index (Phi) is 35.6. The Bertz CT molecular complexity index is 887. The first-order chi connectivity index (χ1) is 25.6. The van der Waals surface area contributed by atoms with Crippen molar-refractivity contribution in [1.82, 2.24) is 0 Å². The van der Waals surface area contributed by atoms with Crippen molar-refractivity contribution in [1.29, 1.82) is 0 Å². The number of rotatable bonds is 40. The number of aliphatic carboxylic acids is 1. The third-order valence-corrected chi connectivity index (χ3v) is 9.52. The molecule has 1 N–H and O–H groups in total. The number of carbonyl (C=O) groups is 3. The molecule has 0 aliphatic carbocycles. The van der Waals surface area contributed by atoms with Crippen molar-refractivity contribution in [2.45, 2.75) is 206 Å². The molecule has 9 nitrogen and oxygen atoms in total. The molecule has 0 spiro atoms. The molecule has 0 heterocycles. The average Bonchev–Trinajstić information content (AvgIpc) is 3.11. The van der Waals surface area contributed by atoms with Gasteiger partial charge in [-0.25, -0.2) is 4.79 Å². The molecule has 2 unspecified atom stereocenters. The summed E-state index contributed by atoms with van der Waals surface area (Å²) < 4.78 is 22.7. The summed E-state index contributed by atoms with van der Waals surface area (Å²) in [5, 5.41) is 9.61. The second-order valence-electron chi connectivity index (χ2n) is 16.0. The molecule has 0 fully saturated rings. The Hall–Kier alpha value is -1.97. The molecule has 0 saturated carbocycles. The van der Waals surface area contributed by atoms with Crippen LogP contribution in [0.5, 0.6) is 0 Å². The molecule has 0 aliphatic rings. The molecule has 0 rings (SSSR count). The highest BCUT2D eigenvalue weighted by Gasteiger charge is 2.25. The number of allylic oxidation sites excluding steroid dienone is 2. The van der Waals surface area contributed by atoms with E-state index < -0.39 is 24.3 Å². The van der Waals surface area contributed by atoms with Crippen molar-refractivity contribution in [3.63, 3.8) is 0 Å². The first kappa shape index (κ1) is 51.0. The van der Waals surface area contributed by atoms with Crippen LogP contribution < -0.4 is 0 Å². The normalized spacial score (nSPS) is 13.0. The maximum Gasteiger partial charge on any atom is 0.361 e. The van der Waals surface area contributed by atoms with Crippen LogP contribution in [0, 0.1) is 0 Å². The van der Waals surface area contributed by atoms with Gasteiger partial charge in [-0.1, -0.05) is 154 Å². The number of nitrogens with zero attached hydrogens (tertiary/aromatic N) is 1. The van der Waals surface area contributed by atoms with E-state index in [4.69, 9.17) is 18.9 Å². The van der Waals surface area contributed by atoms with E-state index >= 15 is 0 Å². The second-order valence-corrected chi connectivity index (χ2v) is 16.0. The van der Waals surface area contributed by atoms with E-state index in [2.05, 4.69) is 26.0 Å².